The van der Waals surface area contributed by atoms with Crippen LogP contribution in [0.15, 0.2) is 36.7 Å². The highest BCUT2D eigenvalue weighted by Crippen LogP contribution is 2.19. The van der Waals surface area contributed by atoms with Gasteiger partial charge in [-0.15, -0.1) is 0 Å². The Hall–Kier alpha value is -2.21. The number of methoxy groups -OCH3 is 1. The number of nitrogens with one attached hydrogen (secondary N) is 1. The molecule has 0 bridgehead atoms. The highest BCUT2D eigenvalue weighted by atomic mass is 16.5. The summed E-state index contributed by atoms with van der Waals surface area (Å²) in [5.41, 5.74) is 0. The SMILES string of the molecule is COC1CCN(c2nccc(Nc3ccccn3)n2)CC1. The number of aromatic nitrogens is 3. The third-order valence-electron chi connectivity index (χ3n) is 3.62. The molecule has 1 fully saturated rings. The van der Waals surface area contributed by atoms with Gasteiger partial charge in [-0.2, -0.15) is 4.98 Å². The highest BCUT2D eigenvalue weighted by Gasteiger charge is 2.20. The molecule has 0 amide bonds. The number of piperidine rings is 1. The first kappa shape index (κ1) is 13.8. The Balaban J connectivity index is 1.69. The molecule has 0 radical (unpaired) electrons. The molecule has 0 aliphatic carbocycles. The van der Waals surface area contributed by atoms with Gasteiger partial charge in [0, 0.05) is 32.6 Å². The van der Waals surface area contributed by atoms with Crippen molar-refractivity contribution in [2.45, 2.75) is 18.9 Å². The molecule has 3 heterocycles. The Morgan fingerprint density at radius 3 is 2.67 bits per heavy atom. The van der Waals surface area contributed by atoms with Crippen molar-refractivity contribution in [3.63, 3.8) is 0 Å². The molecule has 0 saturated carbocycles. The fourth-order valence-corrected chi connectivity index (χ4v) is 2.43. The van der Waals surface area contributed by atoms with Gasteiger partial charge in [-0.05, 0) is 31.0 Å². The standard InChI is InChI=1S/C15H19N5O/c1-21-12-6-10-20(11-7-12)15-17-9-5-14(19-15)18-13-4-2-3-8-16-13/h2-5,8-9,12H,6-7,10-11H2,1H3,(H,16,17,18,19). The summed E-state index contributed by atoms with van der Waals surface area (Å²) >= 11 is 0. The van der Waals surface area contributed by atoms with E-state index >= 15 is 0 Å². The lowest BCUT2D eigenvalue weighted by atomic mass is 10.1. The van der Waals surface area contributed by atoms with Crippen molar-refractivity contribution in [1.82, 2.24) is 15.0 Å². The molecule has 3 rings (SSSR count). The van der Waals surface area contributed by atoms with Crippen molar-refractivity contribution in [3.8, 4) is 0 Å². The van der Waals surface area contributed by atoms with Gasteiger partial charge in [0.15, 0.2) is 0 Å². The van der Waals surface area contributed by atoms with Crippen molar-refractivity contribution < 1.29 is 4.74 Å². The van der Waals surface area contributed by atoms with Crippen LogP contribution in [0.1, 0.15) is 12.8 Å². The quantitative estimate of drug-likeness (QED) is 0.929. The Morgan fingerprint density at radius 2 is 1.95 bits per heavy atom. The topological polar surface area (TPSA) is 63.2 Å². The molecule has 0 aromatic carbocycles. The lowest BCUT2D eigenvalue weighted by Gasteiger charge is -2.31. The minimum atomic E-state index is 0.357. The van der Waals surface area contributed by atoms with E-state index in [1.54, 1.807) is 19.5 Å². The molecule has 110 valence electrons. The maximum atomic E-state index is 5.39. The molecular formula is C15H19N5O. The fourth-order valence-electron chi connectivity index (χ4n) is 2.43. The van der Waals surface area contributed by atoms with Gasteiger partial charge >= 0.3 is 0 Å². The highest BCUT2D eigenvalue weighted by molar-refractivity contribution is 5.52. The molecule has 2 aromatic heterocycles. The lowest BCUT2D eigenvalue weighted by Crippen LogP contribution is -2.37. The van der Waals surface area contributed by atoms with E-state index in [-0.39, 0.29) is 0 Å². The monoisotopic (exact) mass is 285 g/mol. The maximum absolute atomic E-state index is 5.39. The van der Waals surface area contributed by atoms with Gasteiger partial charge in [0.05, 0.1) is 6.10 Å². The molecule has 0 atom stereocenters. The third kappa shape index (κ3) is 3.46. The first-order chi connectivity index (χ1) is 10.3. The van der Waals surface area contributed by atoms with Crippen LogP contribution in [0.25, 0.3) is 0 Å². The zero-order valence-corrected chi connectivity index (χ0v) is 12.1. The Morgan fingerprint density at radius 1 is 1.10 bits per heavy atom. The summed E-state index contributed by atoms with van der Waals surface area (Å²) in [6.07, 6.45) is 5.90. The molecule has 1 saturated heterocycles. The van der Waals surface area contributed by atoms with Crippen molar-refractivity contribution in [2.75, 3.05) is 30.4 Å². The number of hydrogen-bond donors (Lipinski definition) is 1. The van der Waals surface area contributed by atoms with Crippen molar-refractivity contribution in [2.24, 2.45) is 0 Å². The minimum absolute atomic E-state index is 0.357. The summed E-state index contributed by atoms with van der Waals surface area (Å²) in [5, 5.41) is 3.19. The zero-order valence-electron chi connectivity index (χ0n) is 12.1. The van der Waals surface area contributed by atoms with Gasteiger partial charge in [0.1, 0.15) is 11.6 Å². The number of anilines is 3. The van der Waals surface area contributed by atoms with Crippen LogP contribution in [0.2, 0.25) is 0 Å². The predicted octanol–water partition coefficient (Wildman–Crippen LogP) is 2.23. The Labute approximate surface area is 124 Å². The number of pyridine rings is 1. The van der Waals surface area contributed by atoms with Crippen LogP contribution in [0.3, 0.4) is 0 Å². The molecule has 21 heavy (non-hydrogen) atoms. The second-order valence-electron chi connectivity index (χ2n) is 5.00. The van der Waals surface area contributed by atoms with E-state index in [0.717, 1.165) is 43.5 Å². The molecule has 6 nitrogen and oxygen atoms in total. The van der Waals surface area contributed by atoms with Crippen LogP contribution in [0.4, 0.5) is 17.6 Å². The predicted molar refractivity (Wildman–Crippen MR) is 81.8 cm³/mol. The molecule has 1 N–H and O–H groups in total. The number of rotatable bonds is 4. The van der Waals surface area contributed by atoms with Crippen molar-refractivity contribution >= 4 is 17.6 Å². The minimum Gasteiger partial charge on any atom is -0.381 e. The summed E-state index contributed by atoms with van der Waals surface area (Å²) in [6, 6.07) is 7.58. The molecule has 1 aliphatic heterocycles. The van der Waals surface area contributed by atoms with Crippen LogP contribution < -0.4 is 10.2 Å². The van der Waals surface area contributed by atoms with E-state index in [2.05, 4.69) is 25.2 Å². The molecular weight excluding hydrogens is 266 g/mol. The van der Waals surface area contributed by atoms with E-state index in [1.165, 1.54) is 0 Å². The second kappa shape index (κ2) is 6.49. The van der Waals surface area contributed by atoms with E-state index in [4.69, 9.17) is 4.74 Å². The molecule has 2 aromatic rings. The Kier molecular flexibility index (Phi) is 4.25. The van der Waals surface area contributed by atoms with Crippen molar-refractivity contribution in [1.29, 1.82) is 0 Å². The van der Waals surface area contributed by atoms with E-state index in [9.17, 15) is 0 Å². The fraction of sp³-hybridized carbons (Fsp3) is 0.400. The Bertz CT molecular complexity index is 569. The molecule has 6 heteroatoms. The average Bonchev–Trinajstić information content (AvgIpc) is 2.56. The third-order valence-corrected chi connectivity index (χ3v) is 3.62. The number of ether oxygens (including phenoxy) is 1. The molecule has 0 unspecified atom stereocenters. The van der Waals surface area contributed by atoms with Crippen LogP contribution >= 0.6 is 0 Å². The first-order valence-corrected chi connectivity index (χ1v) is 7.14. The van der Waals surface area contributed by atoms with E-state index in [0.29, 0.717) is 6.10 Å². The van der Waals surface area contributed by atoms with Crippen LogP contribution in [0, 0.1) is 0 Å². The number of nitrogens with zero attached hydrogens (tertiary/aromatic N) is 4. The maximum Gasteiger partial charge on any atom is 0.227 e. The number of hydrogen-bond acceptors (Lipinski definition) is 6. The van der Waals surface area contributed by atoms with Crippen LogP contribution in [0.5, 0.6) is 0 Å². The summed E-state index contributed by atoms with van der Waals surface area (Å²) in [4.78, 5) is 15.4. The smallest absolute Gasteiger partial charge is 0.227 e. The van der Waals surface area contributed by atoms with Crippen molar-refractivity contribution in [3.05, 3.63) is 36.7 Å². The van der Waals surface area contributed by atoms with Gasteiger partial charge in [0.25, 0.3) is 0 Å². The average molecular weight is 285 g/mol. The lowest BCUT2D eigenvalue weighted by molar-refractivity contribution is 0.0816. The second-order valence-corrected chi connectivity index (χ2v) is 5.00. The van der Waals surface area contributed by atoms with Crippen LogP contribution in [-0.2, 0) is 4.74 Å². The van der Waals surface area contributed by atoms with Gasteiger partial charge in [-0.25, -0.2) is 9.97 Å². The first-order valence-electron chi connectivity index (χ1n) is 7.14. The summed E-state index contributed by atoms with van der Waals surface area (Å²) in [5.74, 6) is 2.29. The zero-order chi connectivity index (χ0) is 14.5. The molecule has 0 spiro atoms. The van der Waals surface area contributed by atoms with Crippen LogP contribution in [-0.4, -0.2) is 41.3 Å². The van der Waals surface area contributed by atoms with E-state index in [1.807, 2.05) is 24.3 Å². The summed E-state index contributed by atoms with van der Waals surface area (Å²) in [6.45, 7) is 1.84. The van der Waals surface area contributed by atoms with Gasteiger partial charge in [0.2, 0.25) is 5.95 Å². The largest absolute Gasteiger partial charge is 0.381 e. The van der Waals surface area contributed by atoms with Gasteiger partial charge in [-0.1, -0.05) is 6.07 Å². The summed E-state index contributed by atoms with van der Waals surface area (Å²) in [7, 11) is 1.77. The summed E-state index contributed by atoms with van der Waals surface area (Å²) < 4.78 is 5.39. The van der Waals surface area contributed by atoms with Gasteiger partial charge in [-0.3, -0.25) is 0 Å². The normalized spacial score (nSPS) is 16.0. The van der Waals surface area contributed by atoms with Gasteiger partial charge < -0.3 is 15.0 Å². The van der Waals surface area contributed by atoms with E-state index < -0.39 is 0 Å². The molecule has 1 aliphatic rings.